The number of hydrogen-bond donors (Lipinski definition) is 0. The molecule has 0 radical (unpaired) electrons. The van der Waals surface area contributed by atoms with Crippen LogP contribution in [0.2, 0.25) is 0 Å². The Labute approximate surface area is 254 Å². The molecule has 3 heterocycles. The van der Waals surface area contributed by atoms with Gasteiger partial charge in [0.05, 0.1) is 25.2 Å². The Morgan fingerprint density at radius 2 is 1.26 bits per heavy atom. The standard InChI is InChI=1S/C31H28O7.C3H8.C2H6/c32-29-8-4-18-1-5-20(33-12-21-13-34-21)9-26(18)31(29)10-24-27(37-16-22-14-35-22)6-2-19-3-7-28(25(11-31)30(19)24)38-17-23-15-36-23;1-3-2;1-2/h1-9,21-23H,10-17H2;3H2,1-2H3;1-2H3. The zero-order chi connectivity index (χ0) is 30.0. The average Bonchev–Trinajstić information content (AvgIpc) is 3.87. The van der Waals surface area contributed by atoms with Crippen LogP contribution in [0.1, 0.15) is 56.4 Å². The van der Waals surface area contributed by atoms with Gasteiger partial charge >= 0.3 is 0 Å². The van der Waals surface area contributed by atoms with E-state index in [1.807, 2.05) is 50.3 Å². The SMILES string of the molecule is CC.CCC.O=C1C=Cc2ccc(OCC3CO3)cc2C12Cc1c(OCC3CO3)ccc3ccc(OCC4CO4)c(c13)C2. The number of benzene rings is 3. The van der Waals surface area contributed by atoms with E-state index in [-0.39, 0.29) is 24.1 Å². The highest BCUT2D eigenvalue weighted by Gasteiger charge is 2.47. The molecule has 0 amide bonds. The fourth-order valence-corrected chi connectivity index (χ4v) is 5.87. The summed E-state index contributed by atoms with van der Waals surface area (Å²) in [6, 6.07) is 14.3. The van der Waals surface area contributed by atoms with E-state index in [9.17, 15) is 4.79 Å². The van der Waals surface area contributed by atoms with Gasteiger partial charge in [-0.05, 0) is 65.1 Å². The highest BCUT2D eigenvalue weighted by atomic mass is 16.6. The number of carbonyl (C=O) groups is 1. The highest BCUT2D eigenvalue weighted by molar-refractivity contribution is 6.08. The van der Waals surface area contributed by atoms with E-state index in [4.69, 9.17) is 28.4 Å². The molecule has 3 fully saturated rings. The highest BCUT2D eigenvalue weighted by Crippen LogP contribution is 2.50. The number of allylic oxidation sites excluding steroid dienone is 1. The van der Waals surface area contributed by atoms with Crippen molar-refractivity contribution in [3.8, 4) is 17.2 Å². The lowest BCUT2D eigenvalue weighted by molar-refractivity contribution is -0.120. The van der Waals surface area contributed by atoms with E-state index in [1.165, 1.54) is 6.42 Å². The summed E-state index contributed by atoms with van der Waals surface area (Å²) in [5, 5.41) is 2.25. The molecule has 7 heteroatoms. The molecule has 3 aromatic carbocycles. The average molecular weight is 587 g/mol. The quantitative estimate of drug-likeness (QED) is 0.274. The molecule has 2 aliphatic carbocycles. The first kappa shape index (κ1) is 29.7. The van der Waals surface area contributed by atoms with Gasteiger partial charge in [-0.15, -0.1) is 0 Å². The molecular formula is C36H42O7. The summed E-state index contributed by atoms with van der Waals surface area (Å²) < 4.78 is 34.8. The van der Waals surface area contributed by atoms with Gasteiger partial charge in [0, 0.05) is 11.1 Å². The van der Waals surface area contributed by atoms with E-state index in [0.29, 0.717) is 32.7 Å². The second kappa shape index (κ2) is 12.7. The monoisotopic (exact) mass is 586 g/mol. The smallest absolute Gasteiger partial charge is 0.166 e. The van der Waals surface area contributed by atoms with Crippen molar-refractivity contribution < 1.29 is 33.2 Å². The molecule has 0 aromatic heterocycles. The van der Waals surface area contributed by atoms with Crippen molar-refractivity contribution in [2.24, 2.45) is 0 Å². The normalized spacial score (nSPS) is 25.1. The molecule has 228 valence electrons. The van der Waals surface area contributed by atoms with Gasteiger partial charge in [0.25, 0.3) is 0 Å². The summed E-state index contributed by atoms with van der Waals surface area (Å²) in [6.07, 6.45) is 6.41. The van der Waals surface area contributed by atoms with Gasteiger partial charge in [0.2, 0.25) is 0 Å². The molecule has 0 bridgehead atoms. The number of hydrogen-bond acceptors (Lipinski definition) is 7. The second-order valence-corrected chi connectivity index (χ2v) is 11.6. The van der Waals surface area contributed by atoms with E-state index in [1.54, 1.807) is 6.08 Å². The van der Waals surface area contributed by atoms with Crippen LogP contribution in [0.4, 0.5) is 0 Å². The fourth-order valence-electron chi connectivity index (χ4n) is 5.87. The van der Waals surface area contributed by atoms with Crippen LogP contribution in [-0.2, 0) is 37.3 Å². The van der Waals surface area contributed by atoms with Crippen LogP contribution in [0.25, 0.3) is 16.8 Å². The molecular weight excluding hydrogens is 544 g/mol. The van der Waals surface area contributed by atoms with Crippen LogP contribution in [0, 0.1) is 0 Å². The van der Waals surface area contributed by atoms with Gasteiger partial charge in [0.15, 0.2) is 5.78 Å². The minimum Gasteiger partial charge on any atom is -0.491 e. The van der Waals surface area contributed by atoms with Crippen molar-refractivity contribution in [3.63, 3.8) is 0 Å². The van der Waals surface area contributed by atoms with Crippen molar-refractivity contribution in [2.75, 3.05) is 39.6 Å². The molecule has 8 rings (SSSR count). The summed E-state index contributed by atoms with van der Waals surface area (Å²) in [5.41, 5.74) is 3.33. The predicted octanol–water partition coefficient (Wildman–Crippen LogP) is 6.25. The van der Waals surface area contributed by atoms with E-state index in [2.05, 4.69) is 26.0 Å². The Morgan fingerprint density at radius 3 is 1.77 bits per heavy atom. The van der Waals surface area contributed by atoms with Crippen molar-refractivity contribution >= 4 is 22.6 Å². The minimum absolute atomic E-state index is 0.0899. The van der Waals surface area contributed by atoms with Crippen LogP contribution >= 0.6 is 0 Å². The molecule has 3 atom stereocenters. The molecule has 3 aliphatic heterocycles. The number of fused-ring (bicyclic) bond motifs is 2. The molecule has 43 heavy (non-hydrogen) atoms. The number of epoxide rings is 3. The largest absolute Gasteiger partial charge is 0.491 e. The zero-order valence-corrected chi connectivity index (χ0v) is 25.6. The third-order valence-corrected chi connectivity index (χ3v) is 8.19. The molecule has 1 spiro atoms. The summed E-state index contributed by atoms with van der Waals surface area (Å²) >= 11 is 0. The van der Waals surface area contributed by atoms with Crippen LogP contribution in [-0.4, -0.2) is 63.7 Å². The van der Waals surface area contributed by atoms with Gasteiger partial charge in [0.1, 0.15) is 55.4 Å². The lowest BCUT2D eigenvalue weighted by atomic mass is 9.61. The topological polar surface area (TPSA) is 82.4 Å². The molecule has 3 unspecified atom stereocenters. The first-order chi connectivity index (χ1) is 21.1. The van der Waals surface area contributed by atoms with Crippen molar-refractivity contribution in [1.82, 2.24) is 0 Å². The number of rotatable bonds is 9. The fraction of sp³-hybridized carbons (Fsp3) is 0.472. The molecule has 5 aliphatic rings. The molecule has 3 aromatic rings. The first-order valence-electron chi connectivity index (χ1n) is 15.8. The maximum absolute atomic E-state index is 14.0. The van der Waals surface area contributed by atoms with Gasteiger partial charge in [-0.25, -0.2) is 0 Å². The van der Waals surface area contributed by atoms with E-state index >= 15 is 0 Å². The molecule has 0 saturated carbocycles. The van der Waals surface area contributed by atoms with Gasteiger partial charge in [-0.3, -0.25) is 4.79 Å². The van der Waals surface area contributed by atoms with Crippen molar-refractivity contribution in [2.45, 2.75) is 70.7 Å². The van der Waals surface area contributed by atoms with Gasteiger partial charge < -0.3 is 28.4 Å². The Balaban J connectivity index is 0.000000622. The second-order valence-electron chi connectivity index (χ2n) is 11.6. The molecule has 3 saturated heterocycles. The maximum atomic E-state index is 14.0. The number of ketones is 1. The van der Waals surface area contributed by atoms with Crippen LogP contribution < -0.4 is 14.2 Å². The Bertz CT molecular complexity index is 1440. The minimum atomic E-state index is -0.787. The van der Waals surface area contributed by atoms with Crippen LogP contribution in [0.3, 0.4) is 0 Å². The molecule has 0 N–H and O–H groups in total. The maximum Gasteiger partial charge on any atom is 0.166 e. The van der Waals surface area contributed by atoms with E-state index in [0.717, 1.165) is 70.1 Å². The predicted molar refractivity (Wildman–Crippen MR) is 167 cm³/mol. The van der Waals surface area contributed by atoms with Crippen LogP contribution in [0.5, 0.6) is 17.2 Å². The van der Waals surface area contributed by atoms with Gasteiger partial charge in [-0.1, -0.05) is 58.4 Å². The number of carbonyl (C=O) groups excluding carboxylic acids is 1. The Hall–Kier alpha value is -3.39. The summed E-state index contributed by atoms with van der Waals surface area (Å²) in [6.45, 7) is 12.0. The lowest BCUT2D eigenvalue weighted by Crippen LogP contribution is -2.43. The van der Waals surface area contributed by atoms with Crippen molar-refractivity contribution in [3.05, 3.63) is 70.8 Å². The van der Waals surface area contributed by atoms with Gasteiger partial charge in [-0.2, -0.15) is 0 Å². The lowest BCUT2D eigenvalue weighted by Gasteiger charge is -2.40. The number of ether oxygens (including phenoxy) is 6. The molecule has 7 nitrogen and oxygen atoms in total. The third-order valence-electron chi connectivity index (χ3n) is 8.19. The van der Waals surface area contributed by atoms with Crippen LogP contribution in [0.15, 0.2) is 48.5 Å². The summed E-state index contributed by atoms with van der Waals surface area (Å²) in [5.74, 6) is 2.45. The first-order valence-corrected chi connectivity index (χ1v) is 15.8. The third kappa shape index (κ3) is 6.30. The Kier molecular flexibility index (Phi) is 8.75. The summed E-state index contributed by atoms with van der Waals surface area (Å²) in [7, 11) is 0. The zero-order valence-electron chi connectivity index (χ0n) is 25.6. The van der Waals surface area contributed by atoms with E-state index < -0.39 is 5.41 Å². The summed E-state index contributed by atoms with van der Waals surface area (Å²) in [4.78, 5) is 14.0. The van der Waals surface area contributed by atoms with Crippen molar-refractivity contribution in [1.29, 1.82) is 0 Å². The Morgan fingerprint density at radius 1 is 0.744 bits per heavy atom.